The van der Waals surface area contributed by atoms with Gasteiger partial charge in [-0.3, -0.25) is 9.59 Å². The van der Waals surface area contributed by atoms with Crippen molar-refractivity contribution in [3.63, 3.8) is 0 Å². The van der Waals surface area contributed by atoms with Gasteiger partial charge in [0.15, 0.2) is 12.1 Å². The van der Waals surface area contributed by atoms with Gasteiger partial charge in [-0.1, -0.05) is 105 Å². The highest BCUT2D eigenvalue weighted by molar-refractivity contribution is 5.72. The Labute approximate surface area is 278 Å². The number of rotatable bonds is 27. The number of esters is 2. The third kappa shape index (κ3) is 26.9. The molecule has 0 aromatic heterocycles. The van der Waals surface area contributed by atoms with Gasteiger partial charge >= 0.3 is 17.9 Å². The zero-order chi connectivity index (χ0) is 34.3. The Kier molecular flexibility index (Phi) is 26.8. The van der Waals surface area contributed by atoms with E-state index in [1.165, 1.54) is 0 Å². The second kappa shape index (κ2) is 28.9. The SMILES string of the molecule is CC/C=C/C=C/C=C/C=C/CCCCCC(=O)OCC(COCCC(C(=O)O)[N+](C)(C)C)OC(=O)C/C=C/C/C=C/C/C=C/CC. The maximum Gasteiger partial charge on any atom is 0.362 e. The van der Waals surface area contributed by atoms with Crippen LogP contribution in [0.1, 0.15) is 84.5 Å². The molecule has 0 bridgehead atoms. The summed E-state index contributed by atoms with van der Waals surface area (Å²) in [6.07, 6.45) is 35.3. The van der Waals surface area contributed by atoms with E-state index >= 15 is 0 Å². The normalized spacial score (nSPS) is 14.2. The van der Waals surface area contributed by atoms with Crippen molar-refractivity contribution in [2.75, 3.05) is 41.0 Å². The lowest BCUT2D eigenvalue weighted by atomic mass is 10.1. The van der Waals surface area contributed by atoms with Crippen LogP contribution in [-0.2, 0) is 28.6 Å². The van der Waals surface area contributed by atoms with Crippen LogP contribution in [0.2, 0.25) is 0 Å². The number of hydrogen-bond donors (Lipinski definition) is 1. The summed E-state index contributed by atoms with van der Waals surface area (Å²) in [5.41, 5.74) is 0. The summed E-state index contributed by atoms with van der Waals surface area (Å²) in [6, 6.07) is -0.636. The van der Waals surface area contributed by atoms with Crippen molar-refractivity contribution in [3.05, 3.63) is 85.1 Å². The van der Waals surface area contributed by atoms with Crippen molar-refractivity contribution >= 4 is 17.9 Å². The first kappa shape index (κ1) is 42.5. The molecule has 0 radical (unpaired) electrons. The average Bonchev–Trinajstić information content (AvgIpc) is 3.00. The minimum absolute atomic E-state index is 0.00619. The minimum atomic E-state index is -0.900. The summed E-state index contributed by atoms with van der Waals surface area (Å²) < 4.78 is 16.9. The number of quaternary nitrogens is 1. The van der Waals surface area contributed by atoms with Gasteiger partial charge in [0.2, 0.25) is 0 Å². The summed E-state index contributed by atoms with van der Waals surface area (Å²) in [4.78, 5) is 36.5. The lowest BCUT2D eigenvalue weighted by Crippen LogP contribution is -2.50. The van der Waals surface area contributed by atoms with E-state index in [0.717, 1.165) is 44.9 Å². The van der Waals surface area contributed by atoms with E-state index in [0.29, 0.717) is 12.8 Å². The largest absolute Gasteiger partial charge is 0.477 e. The van der Waals surface area contributed by atoms with Crippen LogP contribution in [0.3, 0.4) is 0 Å². The number of ether oxygens (including phenoxy) is 3. The monoisotopic (exact) mass is 642 g/mol. The van der Waals surface area contributed by atoms with Crippen LogP contribution < -0.4 is 0 Å². The molecule has 1 N–H and O–H groups in total. The molecule has 0 aliphatic heterocycles. The van der Waals surface area contributed by atoms with Gasteiger partial charge in [0.25, 0.3) is 0 Å². The Morgan fingerprint density at radius 1 is 0.696 bits per heavy atom. The van der Waals surface area contributed by atoms with Gasteiger partial charge in [0, 0.05) is 12.8 Å². The molecular weight excluding hydrogens is 582 g/mol. The number of carboxylic acids is 1. The molecule has 0 aliphatic rings. The first-order valence-corrected chi connectivity index (χ1v) is 16.7. The summed E-state index contributed by atoms with van der Waals surface area (Å²) in [7, 11) is 5.45. The topological polar surface area (TPSA) is 99.1 Å². The molecule has 0 saturated carbocycles. The van der Waals surface area contributed by atoms with Gasteiger partial charge in [0.1, 0.15) is 6.61 Å². The predicted octanol–water partition coefficient (Wildman–Crippen LogP) is 7.84. The number of unbranched alkanes of at least 4 members (excludes halogenated alkanes) is 3. The number of likely N-dealkylation sites (N-methyl/N-ethyl adjacent to an activating group) is 1. The molecule has 0 aromatic rings. The Morgan fingerprint density at radius 2 is 1.30 bits per heavy atom. The lowest BCUT2D eigenvalue weighted by Gasteiger charge is -2.31. The van der Waals surface area contributed by atoms with E-state index in [4.69, 9.17) is 14.2 Å². The van der Waals surface area contributed by atoms with Gasteiger partial charge in [-0.15, -0.1) is 0 Å². The number of carboxylic acid groups (broad SMARTS) is 1. The summed E-state index contributed by atoms with van der Waals surface area (Å²) >= 11 is 0. The van der Waals surface area contributed by atoms with Crippen LogP contribution in [0.15, 0.2) is 85.1 Å². The molecule has 8 nitrogen and oxygen atoms in total. The van der Waals surface area contributed by atoms with Crippen LogP contribution in [0.5, 0.6) is 0 Å². The molecule has 2 unspecified atom stereocenters. The molecule has 46 heavy (non-hydrogen) atoms. The highest BCUT2D eigenvalue weighted by atomic mass is 16.6. The Hall–Kier alpha value is -3.49. The fourth-order valence-electron chi connectivity index (χ4n) is 4.10. The first-order chi connectivity index (χ1) is 22.1. The van der Waals surface area contributed by atoms with Crippen LogP contribution in [-0.4, -0.2) is 80.6 Å². The first-order valence-electron chi connectivity index (χ1n) is 16.7. The van der Waals surface area contributed by atoms with Crippen LogP contribution in [0.4, 0.5) is 0 Å². The van der Waals surface area contributed by atoms with Crippen molar-refractivity contribution in [1.82, 2.24) is 0 Å². The van der Waals surface area contributed by atoms with Crippen LogP contribution >= 0.6 is 0 Å². The zero-order valence-electron chi connectivity index (χ0n) is 29.0. The molecule has 0 saturated heterocycles. The van der Waals surface area contributed by atoms with Gasteiger partial charge in [0.05, 0.1) is 40.8 Å². The van der Waals surface area contributed by atoms with E-state index in [1.807, 2.05) is 69.8 Å². The summed E-state index contributed by atoms with van der Waals surface area (Å²) in [5, 5.41) is 9.54. The molecule has 0 spiro atoms. The minimum Gasteiger partial charge on any atom is -0.477 e. The number of carbonyl (C=O) groups excluding carboxylic acids is 2. The van der Waals surface area contributed by atoms with Gasteiger partial charge in [-0.05, 0) is 44.9 Å². The molecule has 0 heterocycles. The number of carbonyl (C=O) groups is 3. The third-order valence-electron chi connectivity index (χ3n) is 6.67. The number of hydrogen-bond acceptors (Lipinski definition) is 6. The van der Waals surface area contributed by atoms with Crippen molar-refractivity contribution in [2.45, 2.75) is 96.6 Å². The third-order valence-corrected chi connectivity index (χ3v) is 6.67. The molecule has 8 heteroatoms. The van der Waals surface area contributed by atoms with E-state index < -0.39 is 24.1 Å². The second-order valence-corrected chi connectivity index (χ2v) is 11.8. The number of nitrogens with zero attached hydrogens (tertiary/aromatic N) is 1. The van der Waals surface area contributed by atoms with Crippen molar-refractivity contribution < 1.29 is 38.2 Å². The fraction of sp³-hybridized carbons (Fsp3) is 0.553. The highest BCUT2D eigenvalue weighted by Gasteiger charge is 2.31. The van der Waals surface area contributed by atoms with E-state index in [2.05, 4.69) is 44.2 Å². The fourth-order valence-corrected chi connectivity index (χ4v) is 4.10. The second-order valence-electron chi connectivity index (χ2n) is 11.8. The van der Waals surface area contributed by atoms with Crippen molar-refractivity contribution in [1.29, 1.82) is 0 Å². The molecule has 0 fully saturated rings. The highest BCUT2D eigenvalue weighted by Crippen LogP contribution is 2.10. The smallest absolute Gasteiger partial charge is 0.362 e. The summed E-state index contributed by atoms with van der Waals surface area (Å²) in [6.45, 7) is 4.26. The Bertz CT molecular complexity index is 1030. The maximum absolute atomic E-state index is 12.5. The molecule has 0 aromatic carbocycles. The van der Waals surface area contributed by atoms with Crippen LogP contribution in [0.25, 0.3) is 0 Å². The van der Waals surface area contributed by atoms with Gasteiger partial charge in [-0.2, -0.15) is 0 Å². The molecule has 258 valence electrons. The molecule has 0 rings (SSSR count). The standard InChI is InChI=1S/C38H59NO7/c1-6-8-10-12-14-16-17-18-19-21-22-24-26-28-36(40)45-33-34(32-44-31-30-35(38(42)43)39(3,4)5)46-37(41)29-27-25-23-20-15-13-11-9-7-2/h8-12,14-20,25,27,34-35H,6-7,13,21-24,26,28-33H2,1-5H3/p+1/b10-8+,11-9+,14-12+,17-16+,19-18+,20-15+,27-25+. The predicted molar refractivity (Wildman–Crippen MR) is 187 cm³/mol. The van der Waals surface area contributed by atoms with Gasteiger partial charge < -0.3 is 23.8 Å². The Morgan fingerprint density at radius 3 is 1.93 bits per heavy atom. The summed E-state index contributed by atoms with van der Waals surface area (Å²) in [5.74, 6) is -1.69. The number of aliphatic carboxylic acids is 1. The van der Waals surface area contributed by atoms with E-state index in [9.17, 15) is 19.5 Å². The lowest BCUT2D eigenvalue weighted by molar-refractivity contribution is -0.887. The number of allylic oxidation sites excluding steroid dienone is 13. The molecular formula is C38H60NO7+. The van der Waals surface area contributed by atoms with E-state index in [1.54, 1.807) is 6.08 Å². The Balaban J connectivity index is 4.67. The maximum atomic E-state index is 12.5. The van der Waals surface area contributed by atoms with Gasteiger partial charge in [-0.25, -0.2) is 4.79 Å². The molecule has 0 aliphatic carbocycles. The van der Waals surface area contributed by atoms with Crippen molar-refractivity contribution in [3.8, 4) is 0 Å². The molecule has 2 atom stereocenters. The zero-order valence-corrected chi connectivity index (χ0v) is 29.0. The van der Waals surface area contributed by atoms with Crippen LogP contribution in [0, 0.1) is 0 Å². The quantitative estimate of drug-likeness (QED) is 0.0320. The average molecular weight is 643 g/mol. The molecule has 0 amide bonds. The van der Waals surface area contributed by atoms with E-state index in [-0.39, 0.29) is 43.1 Å². The van der Waals surface area contributed by atoms with Crippen molar-refractivity contribution in [2.24, 2.45) is 0 Å².